The van der Waals surface area contributed by atoms with Crippen LogP contribution in [0.3, 0.4) is 0 Å². The second kappa shape index (κ2) is 7.03. The highest BCUT2D eigenvalue weighted by molar-refractivity contribution is 5.54. The Balaban J connectivity index is 1.40. The maximum absolute atomic E-state index is 6.07. The van der Waals surface area contributed by atoms with Gasteiger partial charge < -0.3 is 9.64 Å². The standard InChI is InChI=1S/C27H35N3O/c1-18(2)24-28-23-16-26(11-8-20-19(3)6-4-7-22(20)26)12-9-21(23)25(29-24)30-14-5-10-27(17-30)13-15-31-27/h4,6-7,18H,5,8-17H2,1-3H3. The number of rotatable bonds is 2. The molecule has 2 atom stereocenters. The Morgan fingerprint density at radius 3 is 2.58 bits per heavy atom. The molecule has 4 aliphatic rings. The number of aryl methyl sites for hydroxylation is 1. The first-order valence-electron chi connectivity index (χ1n) is 12.4. The van der Waals surface area contributed by atoms with Crippen LogP contribution in [0.2, 0.25) is 0 Å². The molecule has 2 saturated heterocycles. The predicted molar refractivity (Wildman–Crippen MR) is 124 cm³/mol. The van der Waals surface area contributed by atoms with Crippen molar-refractivity contribution in [3.05, 3.63) is 52.0 Å². The molecule has 4 heteroatoms. The van der Waals surface area contributed by atoms with Gasteiger partial charge in [0.1, 0.15) is 11.6 Å². The highest BCUT2D eigenvalue weighted by Gasteiger charge is 2.45. The Bertz CT molecular complexity index is 1030. The Hall–Kier alpha value is -1.94. The molecule has 0 saturated carbocycles. The van der Waals surface area contributed by atoms with Gasteiger partial charge in [-0.3, -0.25) is 0 Å². The van der Waals surface area contributed by atoms with Crippen LogP contribution in [0.4, 0.5) is 5.82 Å². The smallest absolute Gasteiger partial charge is 0.135 e. The fraction of sp³-hybridized carbons (Fsp3) is 0.630. The SMILES string of the molecule is Cc1cccc2c1CCC21CCc2c(nc(C(C)C)nc2N2CCCC3(CCO3)C2)C1. The number of hydrogen-bond donors (Lipinski definition) is 0. The molecule has 31 heavy (non-hydrogen) atoms. The van der Waals surface area contributed by atoms with Gasteiger partial charge in [0.15, 0.2) is 0 Å². The Labute approximate surface area is 186 Å². The first-order valence-corrected chi connectivity index (χ1v) is 12.4. The zero-order valence-corrected chi connectivity index (χ0v) is 19.3. The van der Waals surface area contributed by atoms with Gasteiger partial charge in [0.25, 0.3) is 0 Å². The Kier molecular flexibility index (Phi) is 4.47. The Morgan fingerprint density at radius 2 is 1.84 bits per heavy atom. The lowest BCUT2D eigenvalue weighted by Crippen LogP contribution is -2.56. The van der Waals surface area contributed by atoms with Crippen molar-refractivity contribution in [2.24, 2.45) is 0 Å². The first-order chi connectivity index (χ1) is 15.0. The second-order valence-electron chi connectivity index (χ2n) is 10.9. The molecule has 3 heterocycles. The maximum atomic E-state index is 6.07. The molecule has 164 valence electrons. The van der Waals surface area contributed by atoms with Crippen LogP contribution in [-0.4, -0.2) is 35.3 Å². The van der Waals surface area contributed by atoms with E-state index in [1.165, 1.54) is 61.2 Å². The summed E-state index contributed by atoms with van der Waals surface area (Å²) in [7, 11) is 0. The van der Waals surface area contributed by atoms with Gasteiger partial charge in [-0.2, -0.15) is 0 Å². The van der Waals surface area contributed by atoms with E-state index in [1.54, 1.807) is 11.1 Å². The van der Waals surface area contributed by atoms with Crippen LogP contribution in [0.25, 0.3) is 0 Å². The lowest BCUT2D eigenvalue weighted by atomic mass is 9.69. The maximum Gasteiger partial charge on any atom is 0.135 e. The van der Waals surface area contributed by atoms with Crippen molar-refractivity contribution in [3.63, 3.8) is 0 Å². The van der Waals surface area contributed by atoms with Gasteiger partial charge in [-0.15, -0.1) is 0 Å². The summed E-state index contributed by atoms with van der Waals surface area (Å²) >= 11 is 0. The van der Waals surface area contributed by atoms with E-state index in [0.29, 0.717) is 5.92 Å². The number of aromatic nitrogens is 2. The van der Waals surface area contributed by atoms with E-state index in [1.807, 2.05) is 0 Å². The van der Waals surface area contributed by atoms with Gasteiger partial charge in [0.05, 0.1) is 17.9 Å². The molecule has 0 radical (unpaired) electrons. The van der Waals surface area contributed by atoms with Crippen molar-refractivity contribution in [2.75, 3.05) is 24.6 Å². The second-order valence-corrected chi connectivity index (χ2v) is 10.9. The topological polar surface area (TPSA) is 38.2 Å². The number of benzene rings is 1. The summed E-state index contributed by atoms with van der Waals surface area (Å²) in [6, 6.07) is 6.93. The summed E-state index contributed by atoms with van der Waals surface area (Å²) in [5.41, 5.74) is 7.77. The average molecular weight is 418 g/mol. The zero-order chi connectivity index (χ0) is 21.2. The summed E-state index contributed by atoms with van der Waals surface area (Å²) in [6.07, 6.45) is 9.49. The van der Waals surface area contributed by atoms with Crippen LogP contribution >= 0.6 is 0 Å². The molecule has 2 aliphatic heterocycles. The number of nitrogens with zero attached hydrogens (tertiary/aromatic N) is 3. The monoisotopic (exact) mass is 417 g/mol. The minimum absolute atomic E-state index is 0.0892. The molecule has 1 aromatic carbocycles. The van der Waals surface area contributed by atoms with Crippen LogP contribution in [0.5, 0.6) is 0 Å². The van der Waals surface area contributed by atoms with Crippen LogP contribution in [-0.2, 0) is 29.4 Å². The third-order valence-electron chi connectivity index (χ3n) is 8.60. The Morgan fingerprint density at radius 1 is 1.03 bits per heavy atom. The summed E-state index contributed by atoms with van der Waals surface area (Å²) < 4.78 is 6.07. The summed E-state index contributed by atoms with van der Waals surface area (Å²) in [4.78, 5) is 12.9. The van der Waals surface area contributed by atoms with Crippen LogP contribution in [0.15, 0.2) is 18.2 Å². The fourth-order valence-corrected chi connectivity index (χ4v) is 6.70. The zero-order valence-electron chi connectivity index (χ0n) is 19.3. The van der Waals surface area contributed by atoms with E-state index < -0.39 is 0 Å². The molecule has 2 spiro atoms. The summed E-state index contributed by atoms with van der Waals surface area (Å²) in [6.45, 7) is 9.76. The van der Waals surface area contributed by atoms with E-state index in [0.717, 1.165) is 38.4 Å². The third-order valence-corrected chi connectivity index (χ3v) is 8.60. The van der Waals surface area contributed by atoms with Crippen molar-refractivity contribution in [2.45, 2.75) is 89.1 Å². The molecular formula is C27H35N3O. The number of fused-ring (bicyclic) bond motifs is 3. The van der Waals surface area contributed by atoms with E-state index in [9.17, 15) is 0 Å². The first kappa shape index (κ1) is 19.7. The predicted octanol–water partition coefficient (Wildman–Crippen LogP) is 5.04. The molecule has 0 amide bonds. The molecule has 1 aromatic heterocycles. The van der Waals surface area contributed by atoms with Crippen molar-refractivity contribution >= 4 is 5.82 Å². The van der Waals surface area contributed by atoms with Crippen LogP contribution in [0.1, 0.15) is 85.6 Å². The third kappa shape index (κ3) is 3.05. The number of hydrogen-bond acceptors (Lipinski definition) is 4. The normalized spacial score (nSPS) is 29.4. The van der Waals surface area contributed by atoms with Gasteiger partial charge in [0.2, 0.25) is 0 Å². The van der Waals surface area contributed by atoms with Gasteiger partial charge in [0, 0.05) is 36.4 Å². The van der Waals surface area contributed by atoms with Crippen molar-refractivity contribution < 1.29 is 4.74 Å². The highest BCUT2D eigenvalue weighted by atomic mass is 16.5. The molecule has 0 N–H and O–H groups in total. The van der Waals surface area contributed by atoms with Gasteiger partial charge >= 0.3 is 0 Å². The molecule has 0 bridgehead atoms. The average Bonchev–Trinajstić information content (AvgIpc) is 3.10. The number of ether oxygens (including phenoxy) is 1. The molecule has 2 aliphatic carbocycles. The van der Waals surface area contributed by atoms with Gasteiger partial charge in [-0.05, 0) is 68.6 Å². The molecule has 2 unspecified atom stereocenters. The lowest BCUT2D eigenvalue weighted by molar-refractivity contribution is -0.151. The minimum Gasteiger partial charge on any atom is -0.373 e. The quantitative estimate of drug-likeness (QED) is 0.686. The minimum atomic E-state index is 0.0892. The van der Waals surface area contributed by atoms with Gasteiger partial charge in [-0.1, -0.05) is 32.0 Å². The van der Waals surface area contributed by atoms with Crippen molar-refractivity contribution in [1.82, 2.24) is 9.97 Å². The lowest BCUT2D eigenvalue weighted by Gasteiger charge is -2.49. The number of piperidine rings is 1. The van der Waals surface area contributed by atoms with E-state index in [-0.39, 0.29) is 11.0 Å². The van der Waals surface area contributed by atoms with Crippen LogP contribution in [0, 0.1) is 6.92 Å². The van der Waals surface area contributed by atoms with Crippen LogP contribution < -0.4 is 4.90 Å². The van der Waals surface area contributed by atoms with Gasteiger partial charge in [-0.25, -0.2) is 9.97 Å². The van der Waals surface area contributed by atoms with Crippen molar-refractivity contribution in [1.29, 1.82) is 0 Å². The summed E-state index contributed by atoms with van der Waals surface area (Å²) in [5.74, 6) is 2.58. The number of anilines is 1. The van der Waals surface area contributed by atoms with E-state index in [2.05, 4.69) is 43.9 Å². The van der Waals surface area contributed by atoms with E-state index >= 15 is 0 Å². The highest BCUT2D eigenvalue weighted by Crippen LogP contribution is 2.49. The molecule has 6 rings (SSSR count). The molecule has 4 nitrogen and oxygen atoms in total. The molecular weight excluding hydrogens is 382 g/mol. The van der Waals surface area contributed by atoms with E-state index in [4.69, 9.17) is 14.7 Å². The fourth-order valence-electron chi connectivity index (χ4n) is 6.70. The largest absolute Gasteiger partial charge is 0.373 e. The summed E-state index contributed by atoms with van der Waals surface area (Å²) in [5, 5.41) is 0. The van der Waals surface area contributed by atoms with Crippen molar-refractivity contribution in [3.8, 4) is 0 Å². The molecule has 2 aromatic rings. The molecule has 2 fully saturated rings.